The minimum Gasteiger partial charge on any atom is -0.308 e. The highest BCUT2D eigenvalue weighted by Gasteiger charge is 2.36. The van der Waals surface area contributed by atoms with Gasteiger partial charge in [0.25, 0.3) is 0 Å². The van der Waals surface area contributed by atoms with Crippen LogP contribution in [-0.4, -0.2) is 29.1 Å². The molecule has 0 aliphatic heterocycles. The smallest absolute Gasteiger partial charge is 0.308 e. The number of benzene rings is 6. The maximum absolute atomic E-state index is 14.9. The van der Waals surface area contributed by atoms with Gasteiger partial charge in [0.1, 0.15) is 0 Å². The number of hydrogen-bond donors (Lipinski definition) is 0. The van der Waals surface area contributed by atoms with E-state index in [0.717, 1.165) is 60.8 Å². The fourth-order valence-electron chi connectivity index (χ4n) is 8.00. The third-order valence-corrected chi connectivity index (χ3v) is 10.4. The summed E-state index contributed by atoms with van der Waals surface area (Å²) in [5, 5.41) is 3.64. The molecule has 6 aromatic carbocycles. The van der Waals surface area contributed by atoms with Crippen LogP contribution in [-0.2, 0) is 6.18 Å². The third-order valence-electron chi connectivity index (χ3n) is 10.4. The van der Waals surface area contributed by atoms with Crippen LogP contribution in [0.15, 0.2) is 152 Å². The molecule has 58 heavy (non-hydrogen) atoms. The van der Waals surface area contributed by atoms with Gasteiger partial charge in [-0.15, -0.1) is 0 Å². The van der Waals surface area contributed by atoms with Crippen molar-refractivity contribution in [2.75, 3.05) is 0 Å². The monoisotopic (exact) mass is 758 g/mol. The van der Waals surface area contributed by atoms with Crippen molar-refractivity contribution in [3.63, 3.8) is 0 Å². The van der Waals surface area contributed by atoms with E-state index in [1.807, 2.05) is 94.1 Å². The molecule has 0 N–H and O–H groups in total. The Balaban J connectivity index is 1.40. The Labute approximate surface area is 328 Å². The van der Waals surface area contributed by atoms with E-state index < -0.39 is 11.7 Å². The number of fused-ring (bicyclic) bond motifs is 6. The summed E-state index contributed by atoms with van der Waals surface area (Å²) in [5.74, 6) is 1.02. The van der Waals surface area contributed by atoms with Crippen molar-refractivity contribution in [1.82, 2.24) is 29.1 Å². The molecule has 0 saturated heterocycles. The molecule has 0 spiro atoms. The zero-order chi connectivity index (χ0) is 39.5. The Hall–Kier alpha value is -8.15. The quantitative estimate of drug-likeness (QED) is 0.164. The van der Waals surface area contributed by atoms with Gasteiger partial charge >= 0.3 is 6.18 Å². The Morgan fingerprint density at radius 1 is 0.466 bits per heavy atom. The molecule has 10 aromatic rings. The molecule has 8 nitrogen and oxygen atoms in total. The van der Waals surface area contributed by atoms with Crippen LogP contribution in [0.5, 0.6) is 0 Å². The minimum atomic E-state index is -4.81. The van der Waals surface area contributed by atoms with Crippen LogP contribution in [0.1, 0.15) is 5.56 Å². The van der Waals surface area contributed by atoms with Crippen molar-refractivity contribution in [3.8, 4) is 45.3 Å². The van der Waals surface area contributed by atoms with Gasteiger partial charge in [0.05, 0.1) is 52.1 Å². The largest absolute Gasteiger partial charge is 0.415 e. The summed E-state index contributed by atoms with van der Waals surface area (Å²) >= 11 is 0. The Morgan fingerprint density at radius 2 is 0.948 bits per heavy atom. The molecule has 0 amide bonds. The zero-order valence-corrected chi connectivity index (χ0v) is 30.1. The number of rotatable bonds is 5. The molecule has 10 rings (SSSR count). The molecule has 0 unspecified atom stereocenters. The fraction of sp³-hybridized carbons (Fsp3) is 0.0213. The van der Waals surface area contributed by atoms with E-state index >= 15 is 0 Å². The Kier molecular flexibility index (Phi) is 7.85. The lowest BCUT2D eigenvalue weighted by Crippen LogP contribution is -2.08. The van der Waals surface area contributed by atoms with Gasteiger partial charge in [-0.3, -0.25) is 0 Å². The first-order chi connectivity index (χ1) is 28.3. The van der Waals surface area contributed by atoms with Crippen molar-refractivity contribution in [1.29, 1.82) is 0 Å². The molecular formula is C47H25F3N8. The molecule has 0 bridgehead atoms. The third kappa shape index (κ3) is 5.37. The van der Waals surface area contributed by atoms with Crippen LogP contribution >= 0.6 is 0 Å². The normalized spacial score (nSPS) is 11.7. The van der Waals surface area contributed by atoms with Crippen LogP contribution in [0.3, 0.4) is 0 Å². The number of para-hydroxylation sites is 2. The van der Waals surface area contributed by atoms with Crippen molar-refractivity contribution < 1.29 is 13.2 Å². The lowest BCUT2D eigenvalue weighted by molar-refractivity contribution is -0.137. The summed E-state index contributed by atoms with van der Waals surface area (Å²) in [7, 11) is 0. The first-order valence-corrected chi connectivity index (χ1v) is 18.1. The summed E-state index contributed by atoms with van der Waals surface area (Å²) in [6, 6.07) is 37.9. The van der Waals surface area contributed by atoms with Gasteiger partial charge in [0, 0.05) is 57.5 Å². The molecule has 0 aliphatic carbocycles. The first-order valence-electron chi connectivity index (χ1n) is 18.1. The topological polar surface area (TPSA) is 70.1 Å². The van der Waals surface area contributed by atoms with E-state index in [4.69, 9.17) is 13.1 Å². The number of halogens is 3. The molecular weight excluding hydrogens is 734 g/mol. The molecule has 0 fully saturated rings. The average molecular weight is 759 g/mol. The lowest BCUT2D eigenvalue weighted by Gasteiger charge is -2.22. The van der Waals surface area contributed by atoms with Crippen LogP contribution in [0.4, 0.5) is 24.5 Å². The van der Waals surface area contributed by atoms with Crippen molar-refractivity contribution in [3.05, 3.63) is 181 Å². The molecule has 0 saturated carbocycles. The van der Waals surface area contributed by atoms with Crippen LogP contribution in [0.2, 0.25) is 0 Å². The summed E-state index contributed by atoms with van der Waals surface area (Å²) < 4.78 is 48.8. The first kappa shape index (κ1) is 34.3. The van der Waals surface area contributed by atoms with E-state index in [-0.39, 0.29) is 22.5 Å². The van der Waals surface area contributed by atoms with E-state index in [0.29, 0.717) is 23.0 Å². The van der Waals surface area contributed by atoms with Gasteiger partial charge in [-0.1, -0.05) is 78.9 Å². The summed E-state index contributed by atoms with van der Waals surface area (Å²) in [5.41, 5.74) is 3.97. The van der Waals surface area contributed by atoms with Crippen molar-refractivity contribution in [2.45, 2.75) is 6.18 Å². The van der Waals surface area contributed by atoms with Gasteiger partial charge in [0.2, 0.25) is 0 Å². The molecule has 4 heterocycles. The molecule has 0 aliphatic rings. The van der Waals surface area contributed by atoms with E-state index in [2.05, 4.69) is 29.6 Å². The zero-order valence-electron chi connectivity index (χ0n) is 30.1. The standard InChI is InChI=1S/C47H25F3N8/c1-51-36-13-7-12-35(47(48,49)50)44(36)34-26-42(57-38-14-5-3-10-30(38)32-18-16-28(24-40(32)57)45-53-20-8-21-54-45)43(27-37(34)52-2)58-39-15-6-4-11-31(39)33-19-17-29(25-41(33)58)46-55-22-9-23-56-46/h3-27H. The Bertz CT molecular complexity index is 3360. The summed E-state index contributed by atoms with van der Waals surface area (Å²) in [4.78, 5) is 25.4. The highest BCUT2D eigenvalue weighted by Crippen LogP contribution is 2.49. The second-order valence-corrected chi connectivity index (χ2v) is 13.6. The predicted octanol–water partition coefficient (Wildman–Crippen LogP) is 12.6. The molecule has 11 heteroatoms. The number of hydrogen-bond acceptors (Lipinski definition) is 4. The summed E-state index contributed by atoms with van der Waals surface area (Å²) in [6.45, 7) is 16.4. The van der Waals surface area contributed by atoms with Gasteiger partial charge in [-0.2, -0.15) is 13.2 Å². The second-order valence-electron chi connectivity index (χ2n) is 13.6. The van der Waals surface area contributed by atoms with Gasteiger partial charge in [-0.05, 0) is 59.7 Å². The maximum atomic E-state index is 14.9. The highest BCUT2D eigenvalue weighted by atomic mass is 19.4. The lowest BCUT2D eigenvalue weighted by atomic mass is 9.94. The van der Waals surface area contributed by atoms with Gasteiger partial charge in [-0.25, -0.2) is 29.6 Å². The van der Waals surface area contributed by atoms with Gasteiger partial charge in [0.15, 0.2) is 23.0 Å². The number of aromatic nitrogens is 6. The van der Waals surface area contributed by atoms with E-state index in [1.54, 1.807) is 49.1 Å². The van der Waals surface area contributed by atoms with Crippen molar-refractivity contribution >= 4 is 55.0 Å². The maximum Gasteiger partial charge on any atom is 0.415 e. The molecule has 0 radical (unpaired) electrons. The minimum absolute atomic E-state index is 0.0136. The number of nitrogens with zero attached hydrogens (tertiary/aromatic N) is 8. The predicted molar refractivity (Wildman–Crippen MR) is 220 cm³/mol. The molecule has 0 atom stereocenters. The molecule has 4 aromatic heterocycles. The fourth-order valence-corrected chi connectivity index (χ4v) is 8.00. The Morgan fingerprint density at radius 3 is 1.45 bits per heavy atom. The van der Waals surface area contributed by atoms with Crippen LogP contribution < -0.4 is 0 Å². The number of alkyl halides is 3. The van der Waals surface area contributed by atoms with Crippen LogP contribution in [0.25, 0.3) is 98.6 Å². The summed E-state index contributed by atoms with van der Waals surface area (Å²) in [6.07, 6.45) is 1.87. The highest BCUT2D eigenvalue weighted by molar-refractivity contribution is 6.13. The van der Waals surface area contributed by atoms with E-state index in [1.165, 1.54) is 12.1 Å². The van der Waals surface area contributed by atoms with E-state index in [9.17, 15) is 13.2 Å². The SMILES string of the molecule is [C-]#[N+]c1cc(-n2c3ccccc3c3ccc(-c4ncccn4)cc32)c(-n2c3ccccc3c3ccc(-c4ncccn4)cc32)cc1-c1c([N+]#[C-])cccc1C(F)(F)F. The van der Waals surface area contributed by atoms with Crippen LogP contribution in [0, 0.1) is 13.1 Å². The average Bonchev–Trinajstić information content (AvgIpc) is 3.78. The van der Waals surface area contributed by atoms with Gasteiger partial charge < -0.3 is 9.13 Å². The second kappa shape index (κ2) is 13.3. The molecule has 274 valence electrons. The van der Waals surface area contributed by atoms with Crippen molar-refractivity contribution in [2.24, 2.45) is 0 Å².